The predicted octanol–water partition coefficient (Wildman–Crippen LogP) is 6.42. The van der Waals surface area contributed by atoms with Gasteiger partial charge in [-0.2, -0.15) is 0 Å². The van der Waals surface area contributed by atoms with Gasteiger partial charge in [0.05, 0.1) is 0 Å². The van der Waals surface area contributed by atoms with Gasteiger partial charge in [-0.05, 0) is 50.7 Å². The molecule has 0 aliphatic heterocycles. The summed E-state index contributed by atoms with van der Waals surface area (Å²) in [5, 5.41) is 0. The van der Waals surface area contributed by atoms with Crippen LogP contribution < -0.4 is 0 Å². The summed E-state index contributed by atoms with van der Waals surface area (Å²) < 4.78 is 11.7. The van der Waals surface area contributed by atoms with Crippen LogP contribution in [-0.4, -0.2) is 19.5 Å². The molecule has 0 unspecified atom stereocenters. The maximum Gasteiger partial charge on any atom is 0.157 e. The van der Waals surface area contributed by atoms with Crippen molar-refractivity contribution in [2.45, 2.75) is 90.8 Å². The lowest BCUT2D eigenvalue weighted by Gasteiger charge is -2.18. The van der Waals surface area contributed by atoms with Gasteiger partial charge in [0.25, 0.3) is 0 Å². The Morgan fingerprint density at radius 1 is 0.833 bits per heavy atom. The van der Waals surface area contributed by atoms with Crippen LogP contribution in [0.5, 0.6) is 0 Å². The van der Waals surface area contributed by atoms with Crippen LogP contribution in [0, 0.1) is 11.8 Å². The first-order chi connectivity index (χ1) is 11.8. The van der Waals surface area contributed by atoms with Crippen molar-refractivity contribution < 1.29 is 9.47 Å². The van der Waals surface area contributed by atoms with Gasteiger partial charge in [-0.15, -0.1) is 0 Å². The minimum absolute atomic E-state index is 0.00877. The van der Waals surface area contributed by atoms with Crippen LogP contribution in [0.25, 0.3) is 0 Å². The smallest absolute Gasteiger partial charge is 0.157 e. The average molecular weight is 335 g/mol. The molecule has 0 bridgehead atoms. The van der Waals surface area contributed by atoms with Crippen LogP contribution in [0.4, 0.5) is 0 Å². The summed E-state index contributed by atoms with van der Waals surface area (Å²) in [6.45, 7) is 9.60. The largest absolute Gasteiger partial charge is 0.353 e. The van der Waals surface area contributed by atoms with Crippen molar-refractivity contribution >= 4 is 0 Å². The van der Waals surface area contributed by atoms with Gasteiger partial charge in [-0.25, -0.2) is 0 Å². The highest BCUT2D eigenvalue weighted by Gasteiger charge is 2.08. The van der Waals surface area contributed by atoms with Crippen molar-refractivity contribution in [3.63, 3.8) is 0 Å². The molecule has 2 heteroatoms. The lowest BCUT2D eigenvalue weighted by molar-refractivity contribution is -0.147. The second-order valence-corrected chi connectivity index (χ2v) is 6.12. The van der Waals surface area contributed by atoms with Crippen molar-refractivity contribution in [3.8, 4) is 11.8 Å². The van der Waals surface area contributed by atoms with Gasteiger partial charge < -0.3 is 9.47 Å². The Labute approximate surface area is 150 Å². The van der Waals surface area contributed by atoms with Crippen LogP contribution in [0.1, 0.15) is 84.5 Å². The van der Waals surface area contributed by atoms with E-state index in [0.29, 0.717) is 0 Å². The van der Waals surface area contributed by atoms with E-state index in [9.17, 15) is 0 Å². The average Bonchev–Trinajstić information content (AvgIpc) is 2.59. The zero-order valence-corrected chi connectivity index (χ0v) is 16.0. The van der Waals surface area contributed by atoms with E-state index in [0.717, 1.165) is 38.9 Å². The molecule has 2 nitrogen and oxygen atoms in total. The highest BCUT2D eigenvalue weighted by molar-refractivity contribution is 5.21. The molecular weight excluding hydrogens is 296 g/mol. The molecule has 0 amide bonds. The Morgan fingerprint density at radius 2 is 1.46 bits per heavy atom. The fourth-order valence-electron chi connectivity index (χ4n) is 2.29. The van der Waals surface area contributed by atoms with E-state index in [4.69, 9.17) is 9.47 Å². The highest BCUT2D eigenvalue weighted by Crippen LogP contribution is 2.12. The second-order valence-electron chi connectivity index (χ2n) is 6.12. The van der Waals surface area contributed by atoms with Crippen molar-refractivity contribution in [2.75, 3.05) is 13.2 Å². The highest BCUT2D eigenvalue weighted by atomic mass is 16.7. The molecule has 24 heavy (non-hydrogen) atoms. The number of unbranched alkanes of at least 4 members (excludes halogenated alkanes) is 7. The van der Waals surface area contributed by atoms with E-state index in [2.05, 4.69) is 38.3 Å². The third kappa shape index (κ3) is 17.3. The Morgan fingerprint density at radius 3 is 2.08 bits per heavy atom. The van der Waals surface area contributed by atoms with Gasteiger partial charge in [0.15, 0.2) is 6.29 Å². The summed E-state index contributed by atoms with van der Waals surface area (Å²) in [6, 6.07) is 0. The first-order valence-electron chi connectivity index (χ1n) is 9.85. The van der Waals surface area contributed by atoms with Gasteiger partial charge in [0.1, 0.15) is 0 Å². The molecule has 0 saturated carbocycles. The lowest BCUT2D eigenvalue weighted by Crippen LogP contribution is -2.18. The molecular formula is C22H38O2. The van der Waals surface area contributed by atoms with E-state index in [1.54, 1.807) is 6.08 Å². The predicted molar refractivity (Wildman–Crippen MR) is 105 cm³/mol. The quantitative estimate of drug-likeness (QED) is 0.184. The van der Waals surface area contributed by atoms with Gasteiger partial charge >= 0.3 is 0 Å². The first kappa shape index (κ1) is 23.0. The van der Waals surface area contributed by atoms with Crippen LogP contribution in [0.3, 0.4) is 0 Å². The second kappa shape index (κ2) is 20.0. The fraction of sp³-hybridized carbons (Fsp3) is 0.727. The molecule has 0 heterocycles. The molecule has 0 rings (SSSR count). The summed E-state index contributed by atoms with van der Waals surface area (Å²) in [5.41, 5.74) is 0. The minimum atomic E-state index is 0.00877. The molecule has 0 aliphatic carbocycles. The van der Waals surface area contributed by atoms with E-state index >= 15 is 0 Å². The molecule has 0 saturated heterocycles. The van der Waals surface area contributed by atoms with Crippen molar-refractivity contribution in [1.82, 2.24) is 0 Å². The number of hydrogen-bond donors (Lipinski definition) is 0. The maximum absolute atomic E-state index is 5.87. The summed E-state index contributed by atoms with van der Waals surface area (Å²) in [7, 11) is 0. The molecule has 138 valence electrons. The van der Waals surface area contributed by atoms with Crippen molar-refractivity contribution in [3.05, 3.63) is 24.8 Å². The third-order valence-electron chi connectivity index (χ3n) is 3.80. The van der Waals surface area contributed by atoms with E-state index in [1.807, 2.05) is 6.08 Å². The normalized spacial score (nSPS) is 11.0. The summed E-state index contributed by atoms with van der Waals surface area (Å²) in [4.78, 5) is 0. The first-order valence-corrected chi connectivity index (χ1v) is 9.85. The SMILES string of the molecule is C=CC#C/C=C\CCCCCCCC(OCCCC)OCCCC. The van der Waals surface area contributed by atoms with Crippen LogP contribution >= 0.6 is 0 Å². The molecule has 0 aromatic rings. The zero-order chi connectivity index (χ0) is 17.7. The number of ether oxygens (including phenoxy) is 2. The number of hydrogen-bond acceptors (Lipinski definition) is 2. The summed E-state index contributed by atoms with van der Waals surface area (Å²) >= 11 is 0. The summed E-state index contributed by atoms with van der Waals surface area (Å²) in [6.07, 6.45) is 18.7. The maximum atomic E-state index is 5.87. The third-order valence-corrected chi connectivity index (χ3v) is 3.80. The van der Waals surface area contributed by atoms with Gasteiger partial charge in [0, 0.05) is 13.2 Å². The molecule has 0 N–H and O–H groups in total. The van der Waals surface area contributed by atoms with E-state index in [1.165, 1.54) is 44.9 Å². The Bertz CT molecular complexity index is 339. The van der Waals surface area contributed by atoms with E-state index < -0.39 is 0 Å². The molecule has 0 fully saturated rings. The van der Waals surface area contributed by atoms with Crippen LogP contribution in [0.2, 0.25) is 0 Å². The van der Waals surface area contributed by atoms with Crippen LogP contribution in [-0.2, 0) is 9.47 Å². The standard InChI is InChI=1S/C22H38O2/c1-4-7-10-11-12-13-14-15-16-17-18-19-22(23-20-8-5-2)24-21-9-6-3/h4,11-12,22H,1,5-6,8-9,13-21H2,2-3H3/b12-11-. The molecule has 0 spiro atoms. The Hall–Kier alpha value is -1.04. The molecule has 0 aromatic carbocycles. The fourth-order valence-corrected chi connectivity index (χ4v) is 2.29. The molecule has 0 radical (unpaired) electrons. The Kier molecular flexibility index (Phi) is 19.1. The van der Waals surface area contributed by atoms with Crippen LogP contribution in [0.15, 0.2) is 24.8 Å². The number of allylic oxidation sites excluding steroid dienone is 3. The van der Waals surface area contributed by atoms with Gasteiger partial charge in [0.2, 0.25) is 0 Å². The Balaban J connectivity index is 3.62. The van der Waals surface area contributed by atoms with Crippen molar-refractivity contribution in [2.24, 2.45) is 0 Å². The van der Waals surface area contributed by atoms with Gasteiger partial charge in [-0.3, -0.25) is 0 Å². The lowest BCUT2D eigenvalue weighted by atomic mass is 10.1. The monoisotopic (exact) mass is 334 g/mol. The molecule has 0 aromatic heterocycles. The molecule has 0 atom stereocenters. The summed E-state index contributed by atoms with van der Waals surface area (Å²) in [5.74, 6) is 5.74. The topological polar surface area (TPSA) is 18.5 Å². The van der Waals surface area contributed by atoms with E-state index in [-0.39, 0.29) is 6.29 Å². The van der Waals surface area contributed by atoms with Gasteiger partial charge in [-0.1, -0.05) is 70.4 Å². The minimum Gasteiger partial charge on any atom is -0.353 e. The zero-order valence-electron chi connectivity index (χ0n) is 16.0. The number of rotatable bonds is 16. The van der Waals surface area contributed by atoms with Crippen molar-refractivity contribution in [1.29, 1.82) is 0 Å². The molecule has 0 aliphatic rings.